The third-order valence-electron chi connectivity index (χ3n) is 4.88. The van der Waals surface area contributed by atoms with Gasteiger partial charge >= 0.3 is 6.09 Å². The van der Waals surface area contributed by atoms with Gasteiger partial charge in [0.05, 0.1) is 25.2 Å². The van der Waals surface area contributed by atoms with Gasteiger partial charge in [-0.05, 0) is 18.1 Å². The molecule has 0 bridgehead atoms. The summed E-state index contributed by atoms with van der Waals surface area (Å²) in [5.74, 6) is 6.00. The molecule has 2 aromatic carbocycles. The van der Waals surface area contributed by atoms with Crippen molar-refractivity contribution in [1.29, 1.82) is 0 Å². The molecular formula is C23H26N2O3. The van der Waals surface area contributed by atoms with Gasteiger partial charge in [-0.25, -0.2) is 4.79 Å². The Labute approximate surface area is 166 Å². The molecule has 3 rings (SSSR count). The first-order chi connectivity index (χ1) is 13.7. The molecule has 1 N–H and O–H groups in total. The van der Waals surface area contributed by atoms with Crippen molar-refractivity contribution in [2.24, 2.45) is 0 Å². The lowest BCUT2D eigenvalue weighted by Gasteiger charge is -2.28. The Hall–Kier alpha value is -2.81. The standard InChI is InChI=1S/C23H26N2O3/c1-2-3-14-24(15-19-10-6-4-7-11-19)21-16-25(17-22(21)26)23(27)28-18-20-12-8-5-9-13-20/h4-13,21-22,26H,14-18H2,1H3/t21-,22-/m0/s1. The molecule has 0 aliphatic carbocycles. The van der Waals surface area contributed by atoms with Crippen LogP contribution in [-0.2, 0) is 17.9 Å². The highest BCUT2D eigenvalue weighted by atomic mass is 16.6. The fraction of sp³-hybridized carbons (Fsp3) is 0.348. The lowest BCUT2D eigenvalue weighted by molar-refractivity contribution is 0.0857. The number of benzene rings is 2. The zero-order valence-corrected chi connectivity index (χ0v) is 16.1. The van der Waals surface area contributed by atoms with Crippen LogP contribution in [0.25, 0.3) is 0 Å². The topological polar surface area (TPSA) is 53.0 Å². The summed E-state index contributed by atoms with van der Waals surface area (Å²) in [4.78, 5) is 16.2. The second-order valence-corrected chi connectivity index (χ2v) is 6.90. The predicted octanol–water partition coefficient (Wildman–Crippen LogP) is 2.89. The molecule has 1 amide bonds. The lowest BCUT2D eigenvalue weighted by Crippen LogP contribution is -2.43. The van der Waals surface area contributed by atoms with Crippen molar-refractivity contribution in [2.75, 3.05) is 19.6 Å². The minimum atomic E-state index is -0.633. The van der Waals surface area contributed by atoms with Crippen LogP contribution in [0.5, 0.6) is 0 Å². The Morgan fingerprint density at radius 3 is 2.39 bits per heavy atom. The number of rotatable bonds is 6. The number of aliphatic hydroxyl groups is 1. The highest BCUT2D eigenvalue weighted by Gasteiger charge is 2.38. The number of nitrogens with zero attached hydrogens (tertiary/aromatic N) is 2. The number of carbonyl (C=O) groups excluding carboxylic acids is 1. The fourth-order valence-corrected chi connectivity index (χ4v) is 3.38. The molecule has 5 nitrogen and oxygen atoms in total. The van der Waals surface area contributed by atoms with Crippen molar-refractivity contribution in [3.8, 4) is 11.8 Å². The summed E-state index contributed by atoms with van der Waals surface area (Å²) in [6.45, 7) is 3.94. The molecule has 1 aliphatic heterocycles. The molecule has 0 spiro atoms. The molecule has 1 saturated heterocycles. The lowest BCUT2D eigenvalue weighted by atomic mass is 10.1. The van der Waals surface area contributed by atoms with Crippen molar-refractivity contribution in [3.05, 3.63) is 71.8 Å². The molecule has 1 aliphatic rings. The zero-order chi connectivity index (χ0) is 19.8. The number of ether oxygens (including phenoxy) is 1. The smallest absolute Gasteiger partial charge is 0.410 e. The second-order valence-electron chi connectivity index (χ2n) is 6.90. The van der Waals surface area contributed by atoms with Crippen molar-refractivity contribution < 1.29 is 14.6 Å². The monoisotopic (exact) mass is 378 g/mol. The van der Waals surface area contributed by atoms with Crippen LogP contribution in [0.2, 0.25) is 0 Å². The molecule has 2 atom stereocenters. The quantitative estimate of drug-likeness (QED) is 0.786. The highest BCUT2D eigenvalue weighted by Crippen LogP contribution is 2.20. The molecule has 146 valence electrons. The van der Waals surface area contributed by atoms with E-state index in [1.54, 1.807) is 11.8 Å². The summed E-state index contributed by atoms with van der Waals surface area (Å²) >= 11 is 0. The average molecular weight is 378 g/mol. The van der Waals surface area contributed by atoms with Crippen LogP contribution < -0.4 is 0 Å². The third kappa shape index (κ3) is 5.35. The van der Waals surface area contributed by atoms with Crippen LogP contribution in [0.4, 0.5) is 4.79 Å². The van der Waals surface area contributed by atoms with Crippen LogP contribution in [0.3, 0.4) is 0 Å². The largest absolute Gasteiger partial charge is 0.445 e. The minimum Gasteiger partial charge on any atom is -0.445 e. The summed E-state index contributed by atoms with van der Waals surface area (Å²) in [6.07, 6.45) is -1.03. The zero-order valence-electron chi connectivity index (χ0n) is 16.1. The van der Waals surface area contributed by atoms with Gasteiger partial charge in [-0.2, -0.15) is 0 Å². The summed E-state index contributed by atoms with van der Waals surface area (Å²) < 4.78 is 5.42. The van der Waals surface area contributed by atoms with E-state index < -0.39 is 12.2 Å². The number of carbonyl (C=O) groups is 1. The van der Waals surface area contributed by atoms with Gasteiger partial charge in [0.1, 0.15) is 6.61 Å². The van der Waals surface area contributed by atoms with Crippen molar-refractivity contribution in [1.82, 2.24) is 9.80 Å². The molecule has 1 fully saturated rings. The normalized spacial score (nSPS) is 18.6. The number of aliphatic hydroxyl groups excluding tert-OH is 1. The van der Waals surface area contributed by atoms with E-state index in [0.29, 0.717) is 19.6 Å². The van der Waals surface area contributed by atoms with Crippen molar-refractivity contribution >= 4 is 6.09 Å². The summed E-state index contributed by atoms with van der Waals surface area (Å²) in [5, 5.41) is 10.6. The van der Waals surface area contributed by atoms with Gasteiger partial charge < -0.3 is 14.7 Å². The third-order valence-corrected chi connectivity index (χ3v) is 4.88. The van der Waals surface area contributed by atoms with E-state index in [1.807, 2.05) is 48.5 Å². The molecular weight excluding hydrogens is 352 g/mol. The maximum atomic E-state index is 12.5. The molecule has 5 heteroatoms. The maximum Gasteiger partial charge on any atom is 0.410 e. The summed E-state index contributed by atoms with van der Waals surface area (Å²) in [7, 11) is 0. The van der Waals surface area contributed by atoms with Crippen LogP contribution in [0.15, 0.2) is 60.7 Å². The Balaban J connectivity index is 1.62. The van der Waals surface area contributed by atoms with Gasteiger partial charge in [0, 0.05) is 13.1 Å². The SMILES string of the molecule is CC#CCN(Cc1ccccc1)[C@H]1CN(C(=O)OCc2ccccc2)C[C@@H]1O. The predicted molar refractivity (Wildman–Crippen MR) is 108 cm³/mol. The molecule has 0 unspecified atom stereocenters. The Kier molecular flexibility index (Phi) is 7.07. The number of amides is 1. The van der Waals surface area contributed by atoms with Gasteiger partial charge in [-0.15, -0.1) is 5.92 Å². The van der Waals surface area contributed by atoms with E-state index in [9.17, 15) is 9.90 Å². The highest BCUT2D eigenvalue weighted by molar-refractivity contribution is 5.68. The first-order valence-corrected chi connectivity index (χ1v) is 9.48. The molecule has 1 heterocycles. The van der Waals surface area contributed by atoms with Gasteiger partial charge in [-0.1, -0.05) is 66.6 Å². The van der Waals surface area contributed by atoms with Crippen LogP contribution in [-0.4, -0.2) is 52.8 Å². The molecule has 0 radical (unpaired) electrons. The number of hydrogen-bond acceptors (Lipinski definition) is 4. The maximum absolute atomic E-state index is 12.5. The average Bonchev–Trinajstić information content (AvgIpc) is 3.12. The van der Waals surface area contributed by atoms with Crippen LogP contribution in [0.1, 0.15) is 18.1 Å². The Morgan fingerprint density at radius 2 is 1.75 bits per heavy atom. The van der Waals surface area contributed by atoms with E-state index in [0.717, 1.165) is 11.1 Å². The number of hydrogen-bond donors (Lipinski definition) is 1. The molecule has 0 aromatic heterocycles. The van der Waals surface area contributed by atoms with E-state index >= 15 is 0 Å². The van der Waals surface area contributed by atoms with Crippen molar-refractivity contribution in [3.63, 3.8) is 0 Å². The van der Waals surface area contributed by atoms with Gasteiger partial charge in [0.25, 0.3) is 0 Å². The molecule has 28 heavy (non-hydrogen) atoms. The first kappa shape index (κ1) is 19.9. The number of β-amino-alcohol motifs (C(OH)–C–C–N with tert-alkyl or cyclic N) is 1. The van der Waals surface area contributed by atoms with Gasteiger partial charge in [0.2, 0.25) is 0 Å². The number of likely N-dealkylation sites (tertiary alicyclic amines) is 1. The van der Waals surface area contributed by atoms with Gasteiger partial charge in [-0.3, -0.25) is 4.90 Å². The van der Waals surface area contributed by atoms with Crippen LogP contribution in [0, 0.1) is 11.8 Å². The Bertz CT molecular complexity index is 814. The molecule has 0 saturated carbocycles. The van der Waals surface area contributed by atoms with Crippen LogP contribution >= 0.6 is 0 Å². The summed E-state index contributed by atoms with van der Waals surface area (Å²) in [5.41, 5.74) is 2.09. The van der Waals surface area contributed by atoms with Gasteiger partial charge in [0.15, 0.2) is 0 Å². The fourth-order valence-electron chi connectivity index (χ4n) is 3.38. The van der Waals surface area contributed by atoms with Crippen molar-refractivity contribution in [2.45, 2.75) is 32.2 Å². The second kappa shape index (κ2) is 9.93. The molecule has 2 aromatic rings. The van der Waals surface area contributed by atoms with E-state index in [1.165, 1.54) is 0 Å². The summed E-state index contributed by atoms with van der Waals surface area (Å²) in [6, 6.07) is 19.5. The van der Waals surface area contributed by atoms with E-state index in [-0.39, 0.29) is 19.2 Å². The van der Waals surface area contributed by atoms with E-state index in [2.05, 4.69) is 28.9 Å². The first-order valence-electron chi connectivity index (χ1n) is 9.48. The Morgan fingerprint density at radius 1 is 1.11 bits per heavy atom. The van der Waals surface area contributed by atoms with E-state index in [4.69, 9.17) is 4.74 Å². The minimum absolute atomic E-state index is 0.176.